The lowest BCUT2D eigenvalue weighted by Gasteiger charge is -2.29. The predicted octanol–water partition coefficient (Wildman–Crippen LogP) is 1.76. The molecule has 0 aromatic carbocycles. The number of aromatic nitrogens is 2. The van der Waals surface area contributed by atoms with Gasteiger partial charge in [0.05, 0.1) is 23.2 Å². The van der Waals surface area contributed by atoms with Crippen LogP contribution < -0.4 is 5.32 Å². The molecule has 2 fully saturated rings. The Balaban J connectivity index is 1.47. The average Bonchev–Trinajstić information content (AvgIpc) is 3.14. The van der Waals surface area contributed by atoms with E-state index < -0.39 is 9.84 Å². The van der Waals surface area contributed by atoms with Gasteiger partial charge in [-0.2, -0.15) is 0 Å². The molecule has 1 saturated heterocycles. The highest BCUT2D eigenvalue weighted by Crippen LogP contribution is 2.29. The van der Waals surface area contributed by atoms with Gasteiger partial charge in [0.2, 0.25) is 11.8 Å². The molecule has 24 heavy (non-hydrogen) atoms. The number of carbonyl (C=O) groups is 1. The van der Waals surface area contributed by atoms with Crippen LogP contribution in [0.2, 0.25) is 0 Å². The second kappa shape index (κ2) is 7.43. The summed E-state index contributed by atoms with van der Waals surface area (Å²) in [5, 5.41) is 11.3. The minimum atomic E-state index is -2.98. The average molecular weight is 374 g/mol. The molecule has 1 N–H and O–H groups in total. The first kappa shape index (κ1) is 17.7. The van der Waals surface area contributed by atoms with Crippen LogP contribution in [0.3, 0.4) is 0 Å². The lowest BCUT2D eigenvalue weighted by atomic mass is 9.86. The number of nitrogens with zero attached hydrogens (tertiary/aromatic N) is 2. The van der Waals surface area contributed by atoms with Gasteiger partial charge in [0.15, 0.2) is 9.84 Å². The zero-order valence-corrected chi connectivity index (χ0v) is 15.4. The van der Waals surface area contributed by atoms with Crippen LogP contribution in [0.1, 0.15) is 50.8 Å². The molecule has 0 bridgehead atoms. The van der Waals surface area contributed by atoms with E-state index in [0.29, 0.717) is 23.5 Å². The summed E-state index contributed by atoms with van der Waals surface area (Å²) in [5.74, 6) is 1.11. The Morgan fingerprint density at radius 2 is 2.08 bits per heavy atom. The maximum absolute atomic E-state index is 12.1. The van der Waals surface area contributed by atoms with E-state index in [1.54, 1.807) is 0 Å². The number of hydrogen-bond donors (Lipinski definition) is 1. The van der Waals surface area contributed by atoms with Crippen molar-refractivity contribution >= 4 is 27.5 Å². The van der Waals surface area contributed by atoms with Crippen LogP contribution in [-0.2, 0) is 14.6 Å². The van der Waals surface area contributed by atoms with E-state index in [4.69, 9.17) is 4.42 Å². The number of hydrogen-bond acceptors (Lipinski definition) is 7. The van der Waals surface area contributed by atoms with Crippen LogP contribution in [0.5, 0.6) is 0 Å². The molecule has 1 aromatic rings. The van der Waals surface area contributed by atoms with Crippen LogP contribution in [0.25, 0.3) is 0 Å². The molecule has 0 radical (unpaired) electrons. The molecule has 2 heterocycles. The molecule has 3 rings (SSSR count). The Hall–Kier alpha value is -1.09. The third-order valence-electron chi connectivity index (χ3n) is 4.79. The van der Waals surface area contributed by atoms with Gasteiger partial charge in [-0.05, 0) is 25.2 Å². The topological polar surface area (TPSA) is 102 Å². The van der Waals surface area contributed by atoms with Crippen molar-refractivity contribution in [3.05, 3.63) is 5.89 Å². The van der Waals surface area contributed by atoms with Gasteiger partial charge in [-0.1, -0.05) is 31.5 Å². The van der Waals surface area contributed by atoms with Crippen molar-refractivity contribution in [2.45, 2.75) is 56.2 Å². The summed E-state index contributed by atoms with van der Waals surface area (Å²) in [6, 6.07) is 0.258. The highest BCUT2D eigenvalue weighted by Gasteiger charge is 2.33. The molecule has 0 unspecified atom stereocenters. The van der Waals surface area contributed by atoms with Crippen molar-refractivity contribution in [2.24, 2.45) is 5.92 Å². The highest BCUT2D eigenvalue weighted by molar-refractivity contribution is 7.99. The molecular weight excluding hydrogens is 350 g/mol. The van der Waals surface area contributed by atoms with Gasteiger partial charge in [-0.15, -0.1) is 10.2 Å². The van der Waals surface area contributed by atoms with E-state index in [0.717, 1.165) is 12.8 Å². The molecule has 2 aliphatic rings. The summed E-state index contributed by atoms with van der Waals surface area (Å²) in [4.78, 5) is 12.1. The number of carbonyl (C=O) groups excluding carboxylic acids is 1. The molecule has 134 valence electrons. The molecular formula is C15H23N3O4S2. The Kier molecular flexibility index (Phi) is 5.49. The van der Waals surface area contributed by atoms with Gasteiger partial charge in [-0.25, -0.2) is 8.42 Å². The molecule has 3 atom stereocenters. The van der Waals surface area contributed by atoms with Gasteiger partial charge in [-0.3, -0.25) is 4.79 Å². The second-order valence-corrected chi connectivity index (χ2v) is 9.89. The maximum atomic E-state index is 12.1. The van der Waals surface area contributed by atoms with Crippen LogP contribution in [0.4, 0.5) is 0 Å². The number of sulfone groups is 1. The molecule has 1 aliphatic heterocycles. The van der Waals surface area contributed by atoms with Crippen LogP contribution in [0.15, 0.2) is 9.64 Å². The first-order valence-electron chi connectivity index (χ1n) is 8.39. The van der Waals surface area contributed by atoms with Gasteiger partial charge in [0.25, 0.3) is 5.22 Å². The first-order valence-corrected chi connectivity index (χ1v) is 11.2. The van der Waals surface area contributed by atoms with Crippen molar-refractivity contribution in [2.75, 3.05) is 17.3 Å². The molecule has 9 heteroatoms. The third kappa shape index (κ3) is 4.50. The quantitative estimate of drug-likeness (QED) is 0.785. The van der Waals surface area contributed by atoms with Crippen LogP contribution >= 0.6 is 11.8 Å². The number of rotatable bonds is 5. The smallest absolute Gasteiger partial charge is 0.277 e. The molecule has 7 nitrogen and oxygen atoms in total. The highest BCUT2D eigenvalue weighted by atomic mass is 32.2. The minimum Gasteiger partial charge on any atom is -0.416 e. The Morgan fingerprint density at radius 3 is 2.79 bits per heavy atom. The van der Waals surface area contributed by atoms with Crippen molar-refractivity contribution < 1.29 is 17.6 Å². The zero-order valence-electron chi connectivity index (χ0n) is 13.7. The molecule has 1 aromatic heterocycles. The second-order valence-electron chi connectivity index (χ2n) is 6.73. The van der Waals surface area contributed by atoms with Crippen LogP contribution in [-0.4, -0.2) is 47.8 Å². The van der Waals surface area contributed by atoms with Gasteiger partial charge < -0.3 is 9.73 Å². The number of thioether (sulfide) groups is 1. The van der Waals surface area contributed by atoms with Crippen molar-refractivity contribution in [1.29, 1.82) is 0 Å². The van der Waals surface area contributed by atoms with Crippen LogP contribution in [0, 0.1) is 5.92 Å². The van der Waals surface area contributed by atoms with E-state index in [-0.39, 0.29) is 35.1 Å². The van der Waals surface area contributed by atoms with Crippen molar-refractivity contribution in [1.82, 2.24) is 15.5 Å². The summed E-state index contributed by atoms with van der Waals surface area (Å²) in [5.41, 5.74) is 0. The van der Waals surface area contributed by atoms with E-state index in [2.05, 4.69) is 22.4 Å². The summed E-state index contributed by atoms with van der Waals surface area (Å²) < 4.78 is 28.5. The number of nitrogens with one attached hydrogen (secondary N) is 1. The van der Waals surface area contributed by atoms with E-state index in [9.17, 15) is 13.2 Å². The SMILES string of the molecule is C[C@@H]1CCCC[C@@H]1NC(=O)CSc1nnc([C@@H]2CCS(=O)(=O)C2)o1. The first-order chi connectivity index (χ1) is 11.4. The largest absolute Gasteiger partial charge is 0.416 e. The predicted molar refractivity (Wildman–Crippen MR) is 90.6 cm³/mol. The van der Waals surface area contributed by atoms with E-state index >= 15 is 0 Å². The third-order valence-corrected chi connectivity index (χ3v) is 7.37. The monoisotopic (exact) mass is 373 g/mol. The van der Waals surface area contributed by atoms with Gasteiger partial charge in [0.1, 0.15) is 0 Å². The summed E-state index contributed by atoms with van der Waals surface area (Å²) in [6.07, 6.45) is 5.13. The molecule has 1 aliphatic carbocycles. The van der Waals surface area contributed by atoms with Gasteiger partial charge >= 0.3 is 0 Å². The number of amides is 1. The van der Waals surface area contributed by atoms with E-state index in [1.807, 2.05) is 0 Å². The standard InChI is InChI=1S/C15H23N3O4S2/c1-10-4-2-3-5-12(10)16-13(19)8-23-15-18-17-14(22-15)11-6-7-24(20,21)9-11/h10-12H,2-9H2,1H3,(H,16,19)/t10-,11-,12+/m1/s1. The fourth-order valence-electron chi connectivity index (χ4n) is 3.34. The molecule has 0 spiro atoms. The zero-order chi connectivity index (χ0) is 17.2. The Bertz CT molecular complexity index is 689. The summed E-state index contributed by atoms with van der Waals surface area (Å²) >= 11 is 1.20. The minimum absolute atomic E-state index is 0.0260. The van der Waals surface area contributed by atoms with Crippen molar-refractivity contribution in [3.63, 3.8) is 0 Å². The summed E-state index contributed by atoms with van der Waals surface area (Å²) in [6.45, 7) is 2.18. The Labute approximate surface area is 146 Å². The van der Waals surface area contributed by atoms with Crippen molar-refractivity contribution in [3.8, 4) is 0 Å². The molecule has 1 saturated carbocycles. The van der Waals surface area contributed by atoms with E-state index in [1.165, 1.54) is 24.6 Å². The fraction of sp³-hybridized carbons (Fsp3) is 0.800. The normalized spacial score (nSPS) is 29.5. The fourth-order valence-corrected chi connectivity index (χ4v) is 5.65. The maximum Gasteiger partial charge on any atom is 0.277 e. The summed E-state index contributed by atoms with van der Waals surface area (Å²) in [7, 11) is -2.98. The molecule has 1 amide bonds. The lowest BCUT2D eigenvalue weighted by Crippen LogP contribution is -2.41. The van der Waals surface area contributed by atoms with Gasteiger partial charge in [0, 0.05) is 6.04 Å². The lowest BCUT2D eigenvalue weighted by molar-refractivity contribution is -0.119. The Morgan fingerprint density at radius 1 is 1.29 bits per heavy atom.